The number of non-ortho nitro benzene ring substituents is 2. The van der Waals surface area contributed by atoms with Crippen LogP contribution in [0, 0.1) is 20.2 Å². The van der Waals surface area contributed by atoms with E-state index >= 15 is 0 Å². The van der Waals surface area contributed by atoms with E-state index in [4.69, 9.17) is 11.6 Å². The minimum atomic E-state index is -0.429. The van der Waals surface area contributed by atoms with E-state index in [9.17, 15) is 20.2 Å². The molecular formula is C20H21ClN6O4. The van der Waals surface area contributed by atoms with E-state index in [0.29, 0.717) is 12.4 Å². The molecule has 0 fully saturated rings. The summed E-state index contributed by atoms with van der Waals surface area (Å²) in [5.74, 6) is 0.649. The molecule has 31 heavy (non-hydrogen) atoms. The van der Waals surface area contributed by atoms with E-state index in [-0.39, 0.29) is 16.7 Å². The zero-order valence-corrected chi connectivity index (χ0v) is 17.7. The molecule has 1 N–H and O–H groups in total. The van der Waals surface area contributed by atoms with Gasteiger partial charge in [0.15, 0.2) is 0 Å². The number of nitro groups is 2. The lowest BCUT2D eigenvalue weighted by Crippen LogP contribution is -2.17. The summed E-state index contributed by atoms with van der Waals surface area (Å²) in [6.07, 6.45) is 1.57. The summed E-state index contributed by atoms with van der Waals surface area (Å²) in [5, 5.41) is 24.1. The van der Waals surface area contributed by atoms with Gasteiger partial charge in [0.2, 0.25) is 5.28 Å². The van der Waals surface area contributed by atoms with Gasteiger partial charge in [-0.25, -0.2) is 9.97 Å². The van der Waals surface area contributed by atoms with Gasteiger partial charge in [0.25, 0.3) is 11.4 Å². The largest absolute Gasteiger partial charge is 0.385 e. The van der Waals surface area contributed by atoms with Crippen molar-refractivity contribution in [3.63, 3.8) is 0 Å². The summed E-state index contributed by atoms with van der Waals surface area (Å²) in [4.78, 5) is 29.9. The summed E-state index contributed by atoms with van der Waals surface area (Å²) >= 11 is 5.76. The fourth-order valence-electron chi connectivity index (χ4n) is 2.61. The quantitative estimate of drug-likeness (QED) is 0.298. The van der Waals surface area contributed by atoms with Crippen LogP contribution in [0.1, 0.15) is 13.8 Å². The molecule has 11 heteroatoms. The highest BCUT2D eigenvalue weighted by atomic mass is 35.5. The highest BCUT2D eigenvalue weighted by molar-refractivity contribution is 6.28. The number of halogens is 1. The van der Waals surface area contributed by atoms with Crippen LogP contribution >= 0.6 is 11.6 Å². The molecule has 0 aliphatic heterocycles. The fourth-order valence-corrected chi connectivity index (χ4v) is 2.76. The summed E-state index contributed by atoms with van der Waals surface area (Å²) in [6, 6.07) is 14.4. The highest BCUT2D eigenvalue weighted by Crippen LogP contribution is 2.25. The molecule has 10 nitrogen and oxygen atoms in total. The smallest absolute Gasteiger partial charge is 0.269 e. The van der Waals surface area contributed by atoms with Crippen molar-refractivity contribution >= 4 is 40.2 Å². The molecule has 0 saturated carbocycles. The maximum Gasteiger partial charge on any atom is 0.269 e. The number of nitro benzene ring substituents is 2. The third-order valence-electron chi connectivity index (χ3n) is 4.04. The number of rotatable bonds is 7. The van der Waals surface area contributed by atoms with Gasteiger partial charge in [-0.05, 0) is 55.8 Å². The van der Waals surface area contributed by atoms with E-state index in [2.05, 4.69) is 15.3 Å². The van der Waals surface area contributed by atoms with E-state index in [1.165, 1.54) is 24.3 Å². The molecule has 1 aromatic heterocycles. The summed E-state index contributed by atoms with van der Waals surface area (Å²) in [6.45, 7) is 5.40. The van der Waals surface area contributed by atoms with Crippen LogP contribution in [-0.2, 0) is 0 Å². The molecule has 0 radical (unpaired) electrons. The first-order valence-corrected chi connectivity index (χ1v) is 9.72. The first-order chi connectivity index (χ1) is 14.8. The van der Waals surface area contributed by atoms with Crippen LogP contribution < -0.4 is 10.2 Å². The van der Waals surface area contributed by atoms with E-state index in [1.807, 2.05) is 18.7 Å². The van der Waals surface area contributed by atoms with Crippen LogP contribution in [0.4, 0.5) is 28.6 Å². The molecule has 0 aliphatic carbocycles. The van der Waals surface area contributed by atoms with Crippen molar-refractivity contribution in [3.8, 4) is 0 Å². The Hall–Kier alpha value is -3.79. The van der Waals surface area contributed by atoms with Crippen LogP contribution in [0.15, 0.2) is 60.8 Å². The lowest BCUT2D eigenvalue weighted by atomic mass is 10.2. The summed E-state index contributed by atoms with van der Waals surface area (Å²) < 4.78 is 0. The molecule has 162 valence electrons. The highest BCUT2D eigenvalue weighted by Gasteiger charge is 2.11. The molecule has 0 atom stereocenters. The Kier molecular flexibility index (Phi) is 8.64. The number of anilines is 3. The Bertz CT molecular complexity index is 1010. The van der Waals surface area contributed by atoms with Crippen molar-refractivity contribution in [1.29, 1.82) is 0 Å². The summed E-state index contributed by atoms with van der Waals surface area (Å²) in [5.41, 5.74) is 1.89. The van der Waals surface area contributed by atoms with Gasteiger partial charge >= 0.3 is 0 Å². The molecule has 1 heterocycles. The SMILES string of the molecule is CCN(c1ccc([N+](=O)[O-])cc1)c1ccnc(Cl)n1.CCNc1ccc([N+](=O)[O-])cc1. The van der Waals surface area contributed by atoms with Gasteiger partial charge in [0.05, 0.1) is 9.85 Å². The third kappa shape index (κ3) is 6.89. The number of nitrogens with zero attached hydrogens (tertiary/aromatic N) is 5. The van der Waals surface area contributed by atoms with E-state index < -0.39 is 9.85 Å². The zero-order valence-electron chi connectivity index (χ0n) is 16.9. The Morgan fingerprint density at radius 2 is 1.48 bits per heavy atom. The van der Waals surface area contributed by atoms with Gasteiger partial charge in [0.1, 0.15) is 5.82 Å². The molecule has 0 amide bonds. The van der Waals surface area contributed by atoms with E-state index in [1.54, 1.807) is 36.5 Å². The normalized spacial score (nSPS) is 9.90. The van der Waals surface area contributed by atoms with Crippen molar-refractivity contribution in [2.24, 2.45) is 0 Å². The van der Waals surface area contributed by atoms with Gasteiger partial charge in [-0.15, -0.1) is 0 Å². The monoisotopic (exact) mass is 444 g/mol. The number of nitrogens with one attached hydrogen (secondary N) is 1. The third-order valence-corrected chi connectivity index (χ3v) is 4.22. The average Bonchev–Trinajstić information content (AvgIpc) is 2.76. The second kappa shape index (κ2) is 11.4. The van der Waals surface area contributed by atoms with Crippen LogP contribution in [-0.4, -0.2) is 32.9 Å². The van der Waals surface area contributed by atoms with Crippen molar-refractivity contribution in [2.45, 2.75) is 13.8 Å². The number of hydrogen-bond acceptors (Lipinski definition) is 8. The number of hydrogen-bond donors (Lipinski definition) is 1. The minimum Gasteiger partial charge on any atom is -0.385 e. The molecule has 0 saturated heterocycles. The van der Waals surface area contributed by atoms with Gasteiger partial charge in [-0.3, -0.25) is 20.2 Å². The Morgan fingerprint density at radius 1 is 0.935 bits per heavy atom. The molecule has 0 spiro atoms. The second-order valence-electron chi connectivity index (χ2n) is 6.04. The topological polar surface area (TPSA) is 127 Å². The van der Waals surface area contributed by atoms with Crippen LogP contribution in [0.2, 0.25) is 5.28 Å². The van der Waals surface area contributed by atoms with Gasteiger partial charge in [-0.2, -0.15) is 0 Å². The predicted molar refractivity (Wildman–Crippen MR) is 120 cm³/mol. The second-order valence-corrected chi connectivity index (χ2v) is 6.37. The maximum atomic E-state index is 10.6. The van der Waals surface area contributed by atoms with Crippen molar-refractivity contribution in [1.82, 2.24) is 9.97 Å². The molecule has 2 aromatic carbocycles. The lowest BCUT2D eigenvalue weighted by molar-refractivity contribution is -0.385. The molecule has 0 bridgehead atoms. The Balaban J connectivity index is 0.000000245. The van der Waals surface area contributed by atoms with Gasteiger partial charge < -0.3 is 10.2 Å². The van der Waals surface area contributed by atoms with E-state index in [0.717, 1.165) is 17.9 Å². The van der Waals surface area contributed by atoms with Crippen LogP contribution in [0.3, 0.4) is 0 Å². The number of benzene rings is 2. The molecular weight excluding hydrogens is 424 g/mol. The van der Waals surface area contributed by atoms with Gasteiger partial charge in [0, 0.05) is 54.9 Å². The van der Waals surface area contributed by atoms with Crippen LogP contribution in [0.5, 0.6) is 0 Å². The first kappa shape index (κ1) is 23.5. The average molecular weight is 445 g/mol. The lowest BCUT2D eigenvalue weighted by Gasteiger charge is -2.21. The standard InChI is InChI=1S/C12H11ClN4O2.C8H10N2O2/c1-2-16(11-7-8-14-12(13)15-11)9-3-5-10(6-4-9)17(18)19;1-2-9-7-3-5-8(6-4-7)10(11)12/h3-8H,2H2,1H3;3-6,9H,2H2,1H3. The fraction of sp³-hybridized carbons (Fsp3) is 0.200. The molecule has 0 unspecified atom stereocenters. The Morgan fingerprint density at radius 3 is 1.94 bits per heavy atom. The zero-order chi connectivity index (χ0) is 22.8. The maximum absolute atomic E-state index is 10.6. The Labute approximate surface area is 183 Å². The minimum absolute atomic E-state index is 0.0560. The van der Waals surface area contributed by atoms with Crippen LogP contribution in [0.25, 0.3) is 0 Å². The van der Waals surface area contributed by atoms with Crippen molar-refractivity contribution in [2.75, 3.05) is 23.3 Å². The molecule has 3 aromatic rings. The first-order valence-electron chi connectivity index (χ1n) is 9.34. The van der Waals surface area contributed by atoms with Crippen molar-refractivity contribution < 1.29 is 9.85 Å². The molecule has 3 rings (SSSR count). The summed E-state index contributed by atoms with van der Waals surface area (Å²) in [7, 11) is 0. The van der Waals surface area contributed by atoms with Crippen molar-refractivity contribution in [3.05, 3.63) is 86.3 Å². The van der Waals surface area contributed by atoms with Gasteiger partial charge in [-0.1, -0.05) is 0 Å². The number of aromatic nitrogens is 2. The molecule has 0 aliphatic rings. The predicted octanol–water partition coefficient (Wildman–Crippen LogP) is 5.22.